The molecule has 1 aliphatic heterocycles. The van der Waals surface area contributed by atoms with Gasteiger partial charge in [-0.1, -0.05) is 6.07 Å². The Balaban J connectivity index is 1.67. The van der Waals surface area contributed by atoms with E-state index in [0.29, 0.717) is 19.0 Å². The minimum absolute atomic E-state index is 0.0272. The van der Waals surface area contributed by atoms with Gasteiger partial charge in [0.05, 0.1) is 5.69 Å². The summed E-state index contributed by atoms with van der Waals surface area (Å²) in [4.78, 5) is 17.9. The molecule has 2 atom stereocenters. The number of ether oxygens (including phenoxy) is 1. The fraction of sp³-hybridized carbons (Fsp3) is 0.625. The van der Waals surface area contributed by atoms with Crippen molar-refractivity contribution < 1.29 is 13.9 Å². The molecule has 0 aromatic carbocycles. The molecule has 114 valence electrons. The lowest BCUT2D eigenvalue weighted by atomic mass is 9.91. The number of nitrogens with zero attached hydrogens (tertiary/aromatic N) is 2. The molecule has 1 amide bonds. The van der Waals surface area contributed by atoms with Crippen molar-refractivity contribution in [3.05, 3.63) is 29.8 Å². The molecule has 0 N–H and O–H groups in total. The van der Waals surface area contributed by atoms with Crippen LogP contribution in [0.15, 0.2) is 18.2 Å². The molecule has 2 fully saturated rings. The van der Waals surface area contributed by atoms with Crippen LogP contribution in [0.3, 0.4) is 0 Å². The molecule has 3 rings (SSSR count). The zero-order valence-electron chi connectivity index (χ0n) is 12.7. The van der Waals surface area contributed by atoms with E-state index in [2.05, 4.69) is 4.98 Å². The molecule has 1 aromatic heterocycles. The largest absolute Gasteiger partial charge is 0.444 e. The predicted octanol–water partition coefficient (Wildman–Crippen LogP) is 3.12. The Bertz CT molecular complexity index is 570. The molecular weight excluding hydrogens is 271 g/mol. The second kappa shape index (κ2) is 4.68. The lowest BCUT2D eigenvalue weighted by Crippen LogP contribution is -2.43. The highest BCUT2D eigenvalue weighted by Gasteiger charge is 2.59. The van der Waals surface area contributed by atoms with Gasteiger partial charge in [-0.3, -0.25) is 0 Å². The van der Waals surface area contributed by atoms with Gasteiger partial charge in [0.1, 0.15) is 5.60 Å². The van der Waals surface area contributed by atoms with E-state index in [1.807, 2.05) is 26.8 Å². The maximum atomic E-state index is 13.3. The molecule has 0 bridgehead atoms. The van der Waals surface area contributed by atoms with Gasteiger partial charge in [-0.2, -0.15) is 4.39 Å². The summed E-state index contributed by atoms with van der Waals surface area (Å²) >= 11 is 0. The summed E-state index contributed by atoms with van der Waals surface area (Å²) in [6.45, 7) is 6.92. The van der Waals surface area contributed by atoms with Crippen molar-refractivity contribution in [2.75, 3.05) is 13.1 Å². The summed E-state index contributed by atoms with van der Waals surface area (Å²) in [5.74, 6) is -0.0600. The smallest absolute Gasteiger partial charge is 0.410 e. The summed E-state index contributed by atoms with van der Waals surface area (Å²) in [5, 5.41) is 0. The van der Waals surface area contributed by atoms with E-state index in [1.165, 1.54) is 6.07 Å². The minimum Gasteiger partial charge on any atom is -0.444 e. The van der Waals surface area contributed by atoms with Crippen molar-refractivity contribution in [3.63, 3.8) is 0 Å². The summed E-state index contributed by atoms with van der Waals surface area (Å²) < 4.78 is 18.7. The molecule has 1 saturated heterocycles. The van der Waals surface area contributed by atoms with Gasteiger partial charge < -0.3 is 9.64 Å². The highest BCUT2D eigenvalue weighted by molar-refractivity contribution is 5.68. The van der Waals surface area contributed by atoms with Crippen LogP contribution in [0.1, 0.15) is 39.3 Å². The van der Waals surface area contributed by atoms with E-state index in [4.69, 9.17) is 4.74 Å². The quantitative estimate of drug-likeness (QED) is 0.747. The summed E-state index contributed by atoms with van der Waals surface area (Å²) in [6, 6.07) is 4.97. The first-order valence-corrected chi connectivity index (χ1v) is 7.41. The highest BCUT2D eigenvalue weighted by Crippen LogP contribution is 2.58. The fourth-order valence-corrected chi connectivity index (χ4v) is 3.24. The number of piperidine rings is 1. The lowest BCUT2D eigenvalue weighted by molar-refractivity contribution is 0.0197. The minimum atomic E-state index is -0.473. The van der Waals surface area contributed by atoms with Crippen LogP contribution in [-0.4, -0.2) is 34.7 Å². The van der Waals surface area contributed by atoms with Crippen molar-refractivity contribution in [2.45, 2.75) is 44.6 Å². The number of likely N-dealkylation sites (tertiary alicyclic amines) is 1. The summed E-state index contributed by atoms with van der Waals surface area (Å²) in [7, 11) is 0. The number of pyridine rings is 1. The Morgan fingerprint density at radius 1 is 1.48 bits per heavy atom. The summed E-state index contributed by atoms with van der Waals surface area (Å²) in [6.07, 6.45) is 1.55. The SMILES string of the molecule is CC(C)(C)OC(=O)N1CCC2(c3cccc(F)n3)CC2C1. The van der Waals surface area contributed by atoms with E-state index in [0.717, 1.165) is 18.5 Å². The van der Waals surface area contributed by atoms with Crippen molar-refractivity contribution in [3.8, 4) is 0 Å². The van der Waals surface area contributed by atoms with Crippen LogP contribution in [0.5, 0.6) is 0 Å². The molecule has 0 spiro atoms. The molecular formula is C16H21FN2O2. The molecule has 5 heteroatoms. The molecule has 1 saturated carbocycles. The zero-order chi connectivity index (χ0) is 15.3. The van der Waals surface area contributed by atoms with Gasteiger partial charge in [-0.15, -0.1) is 0 Å². The molecule has 1 aliphatic carbocycles. The van der Waals surface area contributed by atoms with Crippen LogP contribution in [-0.2, 0) is 10.2 Å². The second-order valence-electron chi connectivity index (χ2n) is 7.08. The van der Waals surface area contributed by atoms with E-state index < -0.39 is 11.5 Å². The number of amides is 1. The van der Waals surface area contributed by atoms with Gasteiger partial charge in [0, 0.05) is 18.5 Å². The Labute approximate surface area is 124 Å². The van der Waals surface area contributed by atoms with Crippen LogP contribution in [0.25, 0.3) is 0 Å². The number of carbonyl (C=O) groups is 1. The van der Waals surface area contributed by atoms with Crippen LogP contribution < -0.4 is 0 Å². The molecule has 2 unspecified atom stereocenters. The van der Waals surface area contributed by atoms with E-state index >= 15 is 0 Å². The standard InChI is InChI=1S/C16H21FN2O2/c1-15(2,3)21-14(20)19-8-7-16(9-11(16)10-19)12-5-4-6-13(17)18-12/h4-6,11H,7-10H2,1-3H3. The molecule has 2 aliphatic rings. The maximum Gasteiger partial charge on any atom is 0.410 e. The number of hydrogen-bond donors (Lipinski definition) is 0. The monoisotopic (exact) mass is 292 g/mol. The van der Waals surface area contributed by atoms with Crippen LogP contribution in [0, 0.1) is 11.9 Å². The first-order valence-electron chi connectivity index (χ1n) is 7.41. The zero-order valence-corrected chi connectivity index (χ0v) is 12.7. The Morgan fingerprint density at radius 3 is 2.86 bits per heavy atom. The van der Waals surface area contributed by atoms with Gasteiger partial charge in [-0.25, -0.2) is 9.78 Å². The number of rotatable bonds is 1. The molecule has 4 nitrogen and oxygen atoms in total. The average molecular weight is 292 g/mol. The Hall–Kier alpha value is -1.65. The van der Waals surface area contributed by atoms with Gasteiger partial charge >= 0.3 is 6.09 Å². The Morgan fingerprint density at radius 2 is 2.24 bits per heavy atom. The van der Waals surface area contributed by atoms with Crippen molar-refractivity contribution in [2.24, 2.45) is 5.92 Å². The van der Waals surface area contributed by atoms with E-state index in [1.54, 1.807) is 11.0 Å². The van der Waals surface area contributed by atoms with Crippen molar-refractivity contribution >= 4 is 6.09 Å². The Kier molecular flexibility index (Phi) is 3.19. The van der Waals surface area contributed by atoms with Gasteiger partial charge in [-0.05, 0) is 51.7 Å². The van der Waals surface area contributed by atoms with Gasteiger partial charge in [0.25, 0.3) is 0 Å². The van der Waals surface area contributed by atoms with E-state index in [9.17, 15) is 9.18 Å². The number of halogens is 1. The van der Waals surface area contributed by atoms with Crippen LogP contribution in [0.4, 0.5) is 9.18 Å². The topological polar surface area (TPSA) is 42.4 Å². The van der Waals surface area contributed by atoms with Crippen molar-refractivity contribution in [1.29, 1.82) is 0 Å². The third-order valence-electron chi connectivity index (χ3n) is 4.38. The van der Waals surface area contributed by atoms with Gasteiger partial charge in [0.15, 0.2) is 0 Å². The third-order valence-corrected chi connectivity index (χ3v) is 4.38. The normalized spacial score (nSPS) is 28.0. The van der Waals surface area contributed by atoms with Crippen LogP contribution in [0.2, 0.25) is 0 Å². The average Bonchev–Trinajstić information content (AvgIpc) is 3.11. The number of hydrogen-bond acceptors (Lipinski definition) is 3. The summed E-state index contributed by atoms with van der Waals surface area (Å²) in [5.41, 5.74) is 0.330. The first kappa shape index (κ1) is 14.3. The first-order chi connectivity index (χ1) is 9.80. The third kappa shape index (κ3) is 2.74. The molecule has 2 heterocycles. The van der Waals surface area contributed by atoms with Gasteiger partial charge in [0.2, 0.25) is 5.95 Å². The molecule has 21 heavy (non-hydrogen) atoms. The molecule has 1 aromatic rings. The van der Waals surface area contributed by atoms with E-state index in [-0.39, 0.29) is 11.5 Å². The second-order valence-corrected chi connectivity index (χ2v) is 7.08. The number of aromatic nitrogens is 1. The fourth-order valence-electron chi connectivity index (χ4n) is 3.24. The lowest BCUT2D eigenvalue weighted by Gasteiger charge is -2.33. The van der Waals surface area contributed by atoms with Crippen LogP contribution >= 0.6 is 0 Å². The number of fused-ring (bicyclic) bond motifs is 1. The molecule has 0 radical (unpaired) electrons. The highest BCUT2D eigenvalue weighted by atomic mass is 19.1. The van der Waals surface area contributed by atoms with Crippen molar-refractivity contribution in [1.82, 2.24) is 9.88 Å². The predicted molar refractivity (Wildman–Crippen MR) is 76.4 cm³/mol. The number of carbonyl (C=O) groups excluding carboxylic acids is 1. The maximum absolute atomic E-state index is 13.3.